The molecule has 1 rings (SSSR count). The molecule has 0 aromatic carbocycles. The molecular weight excluding hydrogens is 118 g/mol. The Morgan fingerprint density at radius 1 is 1.78 bits per heavy atom. The van der Waals surface area contributed by atoms with Gasteiger partial charge in [0, 0.05) is 0 Å². The number of aliphatic imine (C=N–C) groups is 1. The molecule has 3 nitrogen and oxygen atoms in total. The Bertz CT molecular complexity index is 160. The number of cyclic esters (lactones) is 1. The normalized spacial score (nSPS) is 23.6. The molecule has 50 valence electrons. The first-order valence-electron chi connectivity index (χ1n) is 2.83. The lowest BCUT2D eigenvalue weighted by Crippen LogP contribution is -2.27. The highest BCUT2D eigenvalue weighted by molar-refractivity contribution is 5.81. The number of nitrogens with zero attached hydrogens (tertiary/aromatic N) is 1. The van der Waals surface area contributed by atoms with Crippen molar-refractivity contribution in [2.45, 2.75) is 25.8 Å². The van der Waals surface area contributed by atoms with Gasteiger partial charge >= 0.3 is 5.97 Å². The summed E-state index contributed by atoms with van der Waals surface area (Å²) in [5.41, 5.74) is -0.255. The molecule has 0 aliphatic carbocycles. The Hall–Kier alpha value is -0.860. The summed E-state index contributed by atoms with van der Waals surface area (Å²) in [5, 5.41) is 0. The Morgan fingerprint density at radius 3 is 2.78 bits per heavy atom. The minimum atomic E-state index is -0.255. The van der Waals surface area contributed by atoms with Crippen LogP contribution in [0.15, 0.2) is 4.99 Å². The van der Waals surface area contributed by atoms with E-state index in [0.29, 0.717) is 6.42 Å². The molecule has 9 heavy (non-hydrogen) atoms. The second kappa shape index (κ2) is 1.83. The molecule has 0 aromatic rings. The van der Waals surface area contributed by atoms with Gasteiger partial charge < -0.3 is 4.74 Å². The van der Waals surface area contributed by atoms with Crippen molar-refractivity contribution in [2.75, 3.05) is 0 Å². The number of esters is 1. The molecule has 0 unspecified atom stereocenters. The Morgan fingerprint density at radius 2 is 2.44 bits per heavy atom. The van der Waals surface area contributed by atoms with Crippen LogP contribution in [0.4, 0.5) is 0 Å². The predicted molar refractivity (Wildman–Crippen MR) is 33.3 cm³/mol. The number of hydrogen-bond donors (Lipinski definition) is 0. The third kappa shape index (κ3) is 1.52. The molecule has 0 aromatic heterocycles. The highest BCUT2D eigenvalue weighted by Crippen LogP contribution is 2.16. The van der Waals surface area contributed by atoms with E-state index in [2.05, 4.69) is 9.73 Å². The zero-order valence-corrected chi connectivity index (χ0v) is 5.55. The van der Waals surface area contributed by atoms with Crippen molar-refractivity contribution in [2.24, 2.45) is 4.99 Å². The zero-order chi connectivity index (χ0) is 6.91. The lowest BCUT2D eigenvalue weighted by atomic mass is 10.0. The minimum Gasteiger partial charge on any atom is -0.415 e. The molecule has 3 heteroatoms. The molecule has 0 bridgehead atoms. The maximum absolute atomic E-state index is 10.6. The van der Waals surface area contributed by atoms with E-state index in [1.165, 1.54) is 6.40 Å². The van der Waals surface area contributed by atoms with Crippen LogP contribution in [0.25, 0.3) is 0 Å². The van der Waals surface area contributed by atoms with Crippen molar-refractivity contribution in [1.82, 2.24) is 0 Å². The van der Waals surface area contributed by atoms with Crippen LogP contribution in [0.2, 0.25) is 0 Å². The van der Waals surface area contributed by atoms with E-state index in [1.807, 2.05) is 13.8 Å². The summed E-state index contributed by atoms with van der Waals surface area (Å²) >= 11 is 0. The maximum atomic E-state index is 10.6. The number of ether oxygens (including phenoxy) is 1. The van der Waals surface area contributed by atoms with Crippen LogP contribution >= 0.6 is 0 Å². The van der Waals surface area contributed by atoms with Gasteiger partial charge in [0.2, 0.25) is 0 Å². The minimum absolute atomic E-state index is 0.199. The van der Waals surface area contributed by atoms with Gasteiger partial charge in [-0.1, -0.05) is 0 Å². The van der Waals surface area contributed by atoms with E-state index in [1.54, 1.807) is 0 Å². The van der Waals surface area contributed by atoms with Crippen LogP contribution in [0.5, 0.6) is 0 Å². The summed E-state index contributed by atoms with van der Waals surface area (Å²) < 4.78 is 4.48. The van der Waals surface area contributed by atoms with Crippen LogP contribution in [-0.2, 0) is 9.53 Å². The summed E-state index contributed by atoms with van der Waals surface area (Å²) in [4.78, 5) is 14.5. The molecule has 0 atom stereocenters. The number of carbonyl (C=O) groups is 1. The Balaban J connectivity index is 2.71. The fraction of sp³-hybridized carbons (Fsp3) is 0.667. The van der Waals surface area contributed by atoms with Gasteiger partial charge in [-0.25, -0.2) is 0 Å². The van der Waals surface area contributed by atoms with Crippen molar-refractivity contribution < 1.29 is 9.53 Å². The third-order valence-corrected chi connectivity index (χ3v) is 1.16. The summed E-state index contributed by atoms with van der Waals surface area (Å²) in [7, 11) is 0. The molecule has 0 saturated heterocycles. The number of hydrogen-bond acceptors (Lipinski definition) is 3. The lowest BCUT2D eigenvalue weighted by Gasteiger charge is -2.20. The Kier molecular flexibility index (Phi) is 1.27. The fourth-order valence-corrected chi connectivity index (χ4v) is 0.668. The smallest absolute Gasteiger partial charge is 0.314 e. The number of rotatable bonds is 0. The molecule has 0 amide bonds. The van der Waals surface area contributed by atoms with Crippen LogP contribution in [-0.4, -0.2) is 17.9 Å². The van der Waals surface area contributed by atoms with Gasteiger partial charge in [-0.15, -0.1) is 0 Å². The average molecular weight is 127 g/mol. The van der Waals surface area contributed by atoms with E-state index in [-0.39, 0.29) is 11.5 Å². The van der Waals surface area contributed by atoms with E-state index in [9.17, 15) is 4.79 Å². The average Bonchev–Trinajstić information content (AvgIpc) is 1.60. The molecular formula is C6H9NO2. The van der Waals surface area contributed by atoms with Crippen molar-refractivity contribution in [3.05, 3.63) is 0 Å². The van der Waals surface area contributed by atoms with E-state index in [0.717, 1.165) is 0 Å². The van der Waals surface area contributed by atoms with Crippen molar-refractivity contribution >= 4 is 12.4 Å². The summed E-state index contributed by atoms with van der Waals surface area (Å²) in [5.74, 6) is -0.199. The summed E-state index contributed by atoms with van der Waals surface area (Å²) in [6.07, 6.45) is 1.59. The summed E-state index contributed by atoms with van der Waals surface area (Å²) in [6.45, 7) is 3.79. The van der Waals surface area contributed by atoms with Gasteiger partial charge in [0.1, 0.15) is 0 Å². The second-order valence-electron chi connectivity index (χ2n) is 2.71. The molecule has 0 saturated carbocycles. The molecule has 0 radical (unpaired) electrons. The van der Waals surface area contributed by atoms with Crippen molar-refractivity contribution in [3.63, 3.8) is 0 Å². The monoisotopic (exact) mass is 127 g/mol. The van der Waals surface area contributed by atoms with Gasteiger partial charge in [-0.05, 0) is 13.8 Å². The highest BCUT2D eigenvalue weighted by Gasteiger charge is 2.24. The van der Waals surface area contributed by atoms with Gasteiger partial charge in [-0.3, -0.25) is 9.79 Å². The fourth-order valence-electron chi connectivity index (χ4n) is 0.668. The molecule has 1 aliphatic rings. The van der Waals surface area contributed by atoms with Gasteiger partial charge in [0.25, 0.3) is 0 Å². The highest BCUT2D eigenvalue weighted by atomic mass is 16.5. The first-order valence-corrected chi connectivity index (χ1v) is 2.83. The summed E-state index contributed by atoms with van der Waals surface area (Å²) in [6, 6.07) is 0. The topological polar surface area (TPSA) is 38.7 Å². The third-order valence-electron chi connectivity index (χ3n) is 1.16. The molecule has 0 spiro atoms. The molecule has 1 heterocycles. The van der Waals surface area contributed by atoms with E-state index < -0.39 is 0 Å². The van der Waals surface area contributed by atoms with Crippen molar-refractivity contribution in [1.29, 1.82) is 0 Å². The van der Waals surface area contributed by atoms with Crippen LogP contribution in [0.1, 0.15) is 20.3 Å². The van der Waals surface area contributed by atoms with Crippen LogP contribution < -0.4 is 0 Å². The maximum Gasteiger partial charge on any atom is 0.314 e. The van der Waals surface area contributed by atoms with Gasteiger partial charge in [0.05, 0.1) is 12.0 Å². The SMILES string of the molecule is CC1(C)CC(=O)OC=N1. The van der Waals surface area contributed by atoms with E-state index in [4.69, 9.17) is 0 Å². The Labute approximate surface area is 53.7 Å². The number of carbonyl (C=O) groups excluding carboxylic acids is 1. The van der Waals surface area contributed by atoms with Gasteiger partial charge in [-0.2, -0.15) is 0 Å². The zero-order valence-electron chi connectivity index (χ0n) is 5.55. The first-order chi connectivity index (χ1) is 4.10. The standard InChI is InChI=1S/C6H9NO2/c1-6(2)3-5(8)9-4-7-6/h4H,3H2,1-2H3. The van der Waals surface area contributed by atoms with Crippen LogP contribution in [0, 0.1) is 0 Å². The molecule has 0 fully saturated rings. The molecule has 1 aliphatic heterocycles. The lowest BCUT2D eigenvalue weighted by molar-refractivity contribution is -0.137. The molecule has 0 N–H and O–H groups in total. The largest absolute Gasteiger partial charge is 0.415 e. The van der Waals surface area contributed by atoms with Crippen molar-refractivity contribution in [3.8, 4) is 0 Å². The quantitative estimate of drug-likeness (QED) is 0.450. The van der Waals surface area contributed by atoms with Gasteiger partial charge in [0.15, 0.2) is 6.40 Å². The first kappa shape index (κ1) is 6.26. The second-order valence-corrected chi connectivity index (χ2v) is 2.71. The van der Waals surface area contributed by atoms with E-state index >= 15 is 0 Å². The van der Waals surface area contributed by atoms with Crippen LogP contribution in [0.3, 0.4) is 0 Å². The predicted octanol–water partition coefficient (Wildman–Crippen LogP) is 0.740.